The third-order valence-corrected chi connectivity index (χ3v) is 4.56. The van der Waals surface area contributed by atoms with Gasteiger partial charge in [-0.05, 0) is 23.7 Å². The minimum Gasteiger partial charge on any atom is -0.351 e. The molecule has 2 unspecified atom stereocenters. The third kappa shape index (κ3) is 5.14. The molecule has 0 aliphatic heterocycles. The summed E-state index contributed by atoms with van der Waals surface area (Å²) in [6, 6.07) is -0.187. The van der Waals surface area contributed by atoms with Crippen molar-refractivity contribution in [3.63, 3.8) is 0 Å². The van der Waals surface area contributed by atoms with Crippen LogP contribution >= 0.6 is 0 Å². The maximum absolute atomic E-state index is 11.6. The van der Waals surface area contributed by atoms with Gasteiger partial charge in [0.2, 0.25) is 11.8 Å². The zero-order chi connectivity index (χ0) is 16.1. The molecule has 4 heteroatoms. The van der Waals surface area contributed by atoms with Crippen LogP contribution in [0.2, 0.25) is 0 Å². The summed E-state index contributed by atoms with van der Waals surface area (Å²) in [7, 11) is 0. The van der Waals surface area contributed by atoms with Crippen molar-refractivity contribution < 1.29 is 9.59 Å². The summed E-state index contributed by atoms with van der Waals surface area (Å²) in [6.07, 6.45) is 1.85. The average molecular weight is 284 g/mol. The molecule has 118 valence electrons. The van der Waals surface area contributed by atoms with Gasteiger partial charge in [-0.15, -0.1) is 0 Å². The van der Waals surface area contributed by atoms with Gasteiger partial charge in [-0.25, -0.2) is 0 Å². The number of carbonyl (C=O) groups is 2. The fourth-order valence-corrected chi connectivity index (χ4v) is 2.34. The molecule has 0 rings (SSSR count). The van der Waals surface area contributed by atoms with E-state index in [2.05, 4.69) is 52.2 Å². The molecule has 4 nitrogen and oxygen atoms in total. The zero-order valence-electron chi connectivity index (χ0n) is 14.4. The molecule has 0 aliphatic carbocycles. The molecule has 2 amide bonds. The van der Waals surface area contributed by atoms with Crippen molar-refractivity contribution in [2.45, 2.75) is 80.3 Å². The van der Waals surface area contributed by atoms with E-state index in [1.54, 1.807) is 0 Å². The molecule has 0 saturated heterocycles. The van der Waals surface area contributed by atoms with Gasteiger partial charge in [0, 0.05) is 13.8 Å². The van der Waals surface area contributed by atoms with E-state index in [1.165, 1.54) is 13.8 Å². The van der Waals surface area contributed by atoms with Crippen LogP contribution in [-0.4, -0.2) is 23.9 Å². The van der Waals surface area contributed by atoms with Gasteiger partial charge in [0.1, 0.15) is 0 Å². The normalized spacial score (nSPS) is 15.4. The monoisotopic (exact) mass is 284 g/mol. The van der Waals surface area contributed by atoms with Gasteiger partial charge in [-0.2, -0.15) is 0 Å². The van der Waals surface area contributed by atoms with Crippen molar-refractivity contribution in [3.8, 4) is 0 Å². The molecule has 0 aromatic heterocycles. The molecule has 0 heterocycles. The van der Waals surface area contributed by atoms with E-state index in [1.807, 2.05) is 0 Å². The van der Waals surface area contributed by atoms with Crippen LogP contribution in [0.5, 0.6) is 0 Å². The van der Waals surface area contributed by atoms with E-state index in [-0.39, 0.29) is 34.7 Å². The molecule has 0 radical (unpaired) electrons. The van der Waals surface area contributed by atoms with E-state index in [9.17, 15) is 9.59 Å². The first-order chi connectivity index (χ1) is 8.97. The van der Waals surface area contributed by atoms with Gasteiger partial charge in [0.05, 0.1) is 12.1 Å². The Morgan fingerprint density at radius 2 is 1.05 bits per heavy atom. The molecule has 0 aliphatic rings. The van der Waals surface area contributed by atoms with Crippen molar-refractivity contribution in [3.05, 3.63) is 0 Å². The predicted molar refractivity (Wildman–Crippen MR) is 83.4 cm³/mol. The SMILES string of the molecule is CCC(C)(C)C(NC(C)=O)C(NC(C)=O)C(C)(C)CC. The molecule has 0 bridgehead atoms. The Balaban J connectivity index is 5.61. The lowest BCUT2D eigenvalue weighted by molar-refractivity contribution is -0.124. The van der Waals surface area contributed by atoms with E-state index in [4.69, 9.17) is 0 Å². The highest BCUT2D eigenvalue weighted by molar-refractivity contribution is 5.75. The Morgan fingerprint density at radius 3 is 1.20 bits per heavy atom. The molecule has 20 heavy (non-hydrogen) atoms. The summed E-state index contributed by atoms with van der Waals surface area (Å²) in [4.78, 5) is 23.2. The lowest BCUT2D eigenvalue weighted by Gasteiger charge is -2.46. The van der Waals surface area contributed by atoms with Crippen LogP contribution in [0.15, 0.2) is 0 Å². The number of hydrogen-bond donors (Lipinski definition) is 2. The lowest BCUT2D eigenvalue weighted by atomic mass is 9.68. The van der Waals surface area contributed by atoms with E-state index < -0.39 is 0 Å². The minimum absolute atomic E-state index is 0.0567. The van der Waals surface area contributed by atoms with E-state index in [0.717, 1.165) is 12.8 Å². The molecule has 0 aromatic carbocycles. The fourth-order valence-electron chi connectivity index (χ4n) is 2.34. The maximum atomic E-state index is 11.6. The van der Waals surface area contributed by atoms with Gasteiger partial charge < -0.3 is 10.6 Å². The number of hydrogen-bond acceptors (Lipinski definition) is 2. The average Bonchev–Trinajstić information content (AvgIpc) is 2.32. The minimum atomic E-state index is -0.0937. The summed E-state index contributed by atoms with van der Waals surface area (Å²) < 4.78 is 0. The van der Waals surface area contributed by atoms with Crippen LogP contribution in [0.25, 0.3) is 0 Å². The second kappa shape index (κ2) is 7.09. The Hall–Kier alpha value is -1.06. The second-order valence-corrected chi connectivity index (χ2v) is 7.04. The smallest absolute Gasteiger partial charge is 0.217 e. The van der Waals surface area contributed by atoms with Crippen LogP contribution < -0.4 is 10.6 Å². The molecular weight excluding hydrogens is 252 g/mol. The first-order valence-corrected chi connectivity index (χ1v) is 7.52. The van der Waals surface area contributed by atoms with Crippen LogP contribution in [0.4, 0.5) is 0 Å². The molecular formula is C16H32N2O2. The molecule has 0 spiro atoms. The first kappa shape index (κ1) is 18.9. The quantitative estimate of drug-likeness (QED) is 0.755. The summed E-state index contributed by atoms with van der Waals surface area (Å²) >= 11 is 0. The van der Waals surface area contributed by atoms with Gasteiger partial charge in [0.25, 0.3) is 0 Å². The Kier molecular flexibility index (Phi) is 6.72. The number of amides is 2. The largest absolute Gasteiger partial charge is 0.351 e. The van der Waals surface area contributed by atoms with Crippen LogP contribution in [0.1, 0.15) is 68.2 Å². The van der Waals surface area contributed by atoms with Crippen molar-refractivity contribution in [1.29, 1.82) is 0 Å². The highest BCUT2D eigenvalue weighted by Crippen LogP contribution is 2.36. The van der Waals surface area contributed by atoms with Gasteiger partial charge >= 0.3 is 0 Å². The predicted octanol–water partition coefficient (Wildman–Crippen LogP) is 2.87. The maximum Gasteiger partial charge on any atom is 0.217 e. The Labute approximate surface area is 124 Å². The first-order valence-electron chi connectivity index (χ1n) is 7.52. The number of carbonyl (C=O) groups excluding carboxylic acids is 2. The van der Waals surface area contributed by atoms with Gasteiger partial charge in [-0.3, -0.25) is 9.59 Å². The van der Waals surface area contributed by atoms with Crippen molar-refractivity contribution in [1.82, 2.24) is 10.6 Å². The highest BCUT2D eigenvalue weighted by Gasteiger charge is 2.42. The summed E-state index contributed by atoms with van der Waals surface area (Å²) in [5.74, 6) is -0.113. The molecule has 2 atom stereocenters. The van der Waals surface area contributed by atoms with E-state index in [0.29, 0.717) is 0 Å². The van der Waals surface area contributed by atoms with Crippen LogP contribution in [0.3, 0.4) is 0 Å². The molecule has 0 fully saturated rings. The van der Waals surface area contributed by atoms with Gasteiger partial charge in [-0.1, -0.05) is 41.5 Å². The molecule has 0 saturated carbocycles. The highest BCUT2D eigenvalue weighted by atomic mass is 16.2. The van der Waals surface area contributed by atoms with E-state index >= 15 is 0 Å². The standard InChI is InChI=1S/C16H32N2O2/c1-9-15(5,6)13(17-11(3)19)14(18-12(4)20)16(7,8)10-2/h13-14H,9-10H2,1-8H3,(H,17,19)(H,18,20). The number of rotatable bonds is 7. The third-order valence-electron chi connectivity index (χ3n) is 4.56. The van der Waals surface area contributed by atoms with Gasteiger partial charge in [0.15, 0.2) is 0 Å². The Bertz CT molecular complexity index is 314. The Morgan fingerprint density at radius 1 is 0.800 bits per heavy atom. The summed E-state index contributed by atoms with van der Waals surface area (Å²) in [5, 5.41) is 6.13. The van der Waals surface area contributed by atoms with Crippen LogP contribution in [0, 0.1) is 10.8 Å². The molecule has 2 N–H and O–H groups in total. The fraction of sp³-hybridized carbons (Fsp3) is 0.875. The van der Waals surface area contributed by atoms with Crippen molar-refractivity contribution in [2.24, 2.45) is 10.8 Å². The summed E-state index contributed by atoms with van der Waals surface area (Å²) in [6.45, 7) is 15.8. The second-order valence-electron chi connectivity index (χ2n) is 7.04. The summed E-state index contributed by atoms with van der Waals surface area (Å²) in [5.41, 5.74) is -0.184. The zero-order valence-corrected chi connectivity index (χ0v) is 14.4. The van der Waals surface area contributed by atoms with Crippen LogP contribution in [-0.2, 0) is 9.59 Å². The van der Waals surface area contributed by atoms with Crippen molar-refractivity contribution >= 4 is 11.8 Å². The number of nitrogens with one attached hydrogen (secondary N) is 2. The topological polar surface area (TPSA) is 58.2 Å². The van der Waals surface area contributed by atoms with Crippen molar-refractivity contribution in [2.75, 3.05) is 0 Å². The molecule has 0 aromatic rings. The lowest BCUT2D eigenvalue weighted by Crippen LogP contribution is -2.62.